The van der Waals surface area contributed by atoms with Gasteiger partial charge >= 0.3 is 5.51 Å². The van der Waals surface area contributed by atoms with E-state index in [1.807, 2.05) is 0 Å². The molecular formula is C16H17BrClF3S. The Bertz CT molecular complexity index is 643. The monoisotopic (exact) mass is 412 g/mol. The van der Waals surface area contributed by atoms with Gasteiger partial charge < -0.3 is 17.0 Å². The van der Waals surface area contributed by atoms with Gasteiger partial charge in [-0.25, -0.2) is 0 Å². The molecule has 0 nitrogen and oxygen atoms in total. The van der Waals surface area contributed by atoms with Gasteiger partial charge in [0.2, 0.25) is 0 Å². The maximum atomic E-state index is 13.6. The van der Waals surface area contributed by atoms with Crippen LogP contribution < -0.4 is 17.0 Å². The van der Waals surface area contributed by atoms with Gasteiger partial charge in [-0.1, -0.05) is 37.3 Å². The van der Waals surface area contributed by atoms with E-state index in [0.717, 1.165) is 38.5 Å². The largest absolute Gasteiger partial charge is 1.00 e. The van der Waals surface area contributed by atoms with Crippen molar-refractivity contribution in [3.05, 3.63) is 34.2 Å². The van der Waals surface area contributed by atoms with Crippen LogP contribution in [0.4, 0.5) is 13.2 Å². The van der Waals surface area contributed by atoms with Gasteiger partial charge in [-0.05, 0) is 25.0 Å². The van der Waals surface area contributed by atoms with Crippen LogP contribution in [0.25, 0.3) is 10.1 Å². The van der Waals surface area contributed by atoms with E-state index in [9.17, 15) is 13.2 Å². The first-order valence-electron chi connectivity index (χ1n) is 7.29. The number of benzene rings is 1. The van der Waals surface area contributed by atoms with Gasteiger partial charge in [0.25, 0.3) is 0 Å². The van der Waals surface area contributed by atoms with Crippen molar-refractivity contribution in [3.63, 3.8) is 0 Å². The van der Waals surface area contributed by atoms with Gasteiger partial charge in [-0.3, -0.25) is 0 Å². The Morgan fingerprint density at radius 1 is 1.00 bits per heavy atom. The van der Waals surface area contributed by atoms with Crippen molar-refractivity contribution < 1.29 is 30.2 Å². The molecule has 1 fully saturated rings. The molecule has 1 saturated carbocycles. The van der Waals surface area contributed by atoms with Crippen LogP contribution >= 0.6 is 22.1 Å². The SMILES string of the molecule is FC(F)(F)[s+]1c(C2CCCCCC2)cc2ccc(Cl)cc21.[Br-]. The third-order valence-electron chi connectivity index (χ3n) is 4.22. The van der Waals surface area contributed by atoms with Crippen LogP contribution in [0.3, 0.4) is 0 Å². The maximum absolute atomic E-state index is 13.6. The predicted molar refractivity (Wildman–Crippen MR) is 83.2 cm³/mol. The fraction of sp³-hybridized carbons (Fsp3) is 0.500. The van der Waals surface area contributed by atoms with Crippen molar-refractivity contribution in [2.75, 3.05) is 0 Å². The second-order valence-corrected chi connectivity index (χ2v) is 8.09. The van der Waals surface area contributed by atoms with Crippen molar-refractivity contribution in [2.24, 2.45) is 0 Å². The smallest absolute Gasteiger partial charge is 0.600 e. The minimum Gasteiger partial charge on any atom is -1.00 e. The molecule has 0 radical (unpaired) electrons. The summed E-state index contributed by atoms with van der Waals surface area (Å²) in [6.07, 6.45) is 6.12. The Morgan fingerprint density at radius 3 is 2.23 bits per heavy atom. The van der Waals surface area contributed by atoms with E-state index in [1.165, 1.54) is 6.07 Å². The lowest BCUT2D eigenvalue weighted by Crippen LogP contribution is -3.00. The normalized spacial score (nSPS) is 18.1. The molecule has 0 aliphatic heterocycles. The van der Waals surface area contributed by atoms with E-state index < -0.39 is 16.0 Å². The summed E-state index contributed by atoms with van der Waals surface area (Å²) in [5.74, 6) is 0.0728. The second kappa shape index (κ2) is 7.10. The van der Waals surface area contributed by atoms with Crippen molar-refractivity contribution in [1.29, 1.82) is 0 Å². The quantitative estimate of drug-likeness (QED) is 0.486. The zero-order valence-corrected chi connectivity index (χ0v) is 15.1. The highest BCUT2D eigenvalue weighted by molar-refractivity contribution is 7.38. The molecule has 1 aliphatic rings. The molecule has 0 N–H and O–H groups in total. The molecule has 1 unspecified atom stereocenters. The first kappa shape index (κ1) is 18.1. The van der Waals surface area contributed by atoms with Gasteiger partial charge in [0.1, 0.15) is 0 Å². The zero-order valence-electron chi connectivity index (χ0n) is 11.9. The molecule has 1 aromatic heterocycles. The highest BCUT2D eigenvalue weighted by Gasteiger charge is 2.49. The molecule has 0 saturated heterocycles. The maximum Gasteiger partial charge on any atom is 0.600 e. The first-order chi connectivity index (χ1) is 9.97. The molecule has 3 rings (SSSR count). The van der Waals surface area contributed by atoms with Crippen LogP contribution in [-0.4, -0.2) is 0 Å². The molecule has 0 bridgehead atoms. The molecule has 122 valence electrons. The van der Waals surface area contributed by atoms with Gasteiger partial charge in [0, 0.05) is 28.5 Å². The number of alkyl halides is 3. The van der Waals surface area contributed by atoms with E-state index in [2.05, 4.69) is 0 Å². The van der Waals surface area contributed by atoms with Crippen LogP contribution in [-0.2, 0) is 5.51 Å². The van der Waals surface area contributed by atoms with Crippen molar-refractivity contribution in [2.45, 2.75) is 50.0 Å². The van der Waals surface area contributed by atoms with Crippen molar-refractivity contribution in [3.8, 4) is 0 Å². The summed E-state index contributed by atoms with van der Waals surface area (Å²) >= 11 is 5.91. The number of fused-ring (bicyclic) bond motifs is 1. The van der Waals surface area contributed by atoms with Gasteiger partial charge in [-0.2, -0.15) is 0 Å². The molecule has 2 aromatic rings. The molecule has 6 heteroatoms. The minimum absolute atomic E-state index is 0. The lowest BCUT2D eigenvalue weighted by molar-refractivity contribution is -0.0868. The third kappa shape index (κ3) is 3.62. The van der Waals surface area contributed by atoms with Crippen molar-refractivity contribution >= 4 is 32.2 Å². The Balaban J connectivity index is 0.00000176. The summed E-state index contributed by atoms with van der Waals surface area (Å²) < 4.78 is 41.2. The van der Waals surface area contributed by atoms with Crippen LogP contribution in [0.15, 0.2) is 24.3 Å². The van der Waals surface area contributed by atoms with Crippen molar-refractivity contribution in [1.82, 2.24) is 0 Å². The average Bonchev–Trinajstić information content (AvgIpc) is 2.59. The summed E-state index contributed by atoms with van der Waals surface area (Å²) in [6.45, 7) is 0. The van der Waals surface area contributed by atoms with Gasteiger partial charge in [-0.15, -0.1) is 13.2 Å². The Labute approximate surface area is 146 Å². The molecule has 22 heavy (non-hydrogen) atoms. The van der Waals surface area contributed by atoms with E-state index in [-0.39, 0.29) is 22.9 Å². The van der Waals surface area contributed by atoms with Crippen LogP contribution in [0, 0.1) is 0 Å². The minimum atomic E-state index is -4.21. The number of halogens is 5. The molecular weight excluding hydrogens is 397 g/mol. The molecule has 1 heterocycles. The van der Waals surface area contributed by atoms with Crippen LogP contribution in [0.5, 0.6) is 0 Å². The highest BCUT2D eigenvalue weighted by Crippen LogP contribution is 2.55. The fourth-order valence-corrected chi connectivity index (χ4v) is 5.68. The zero-order chi connectivity index (χ0) is 15.0. The molecule has 1 aromatic carbocycles. The lowest BCUT2D eigenvalue weighted by Gasteiger charge is -2.10. The van der Waals surface area contributed by atoms with Gasteiger partial charge in [0.05, 0.1) is 10.5 Å². The summed E-state index contributed by atoms with van der Waals surface area (Å²) in [7, 11) is -1.80. The number of rotatable bonds is 1. The lowest BCUT2D eigenvalue weighted by atomic mass is 9.98. The van der Waals surface area contributed by atoms with Crippen LogP contribution in [0.1, 0.15) is 49.3 Å². The predicted octanol–water partition coefficient (Wildman–Crippen LogP) is 4.16. The molecule has 1 aliphatic carbocycles. The first-order valence-corrected chi connectivity index (χ1v) is 8.89. The molecule has 1 atom stereocenters. The summed E-state index contributed by atoms with van der Waals surface area (Å²) in [6, 6.07) is 6.66. The standard InChI is InChI=1S/C16H17ClF3S.BrH/c17-13-8-7-12-9-14(11-5-3-1-2-4-6-11)21(15(12)10-13)16(18,19)20;/h7-11H,1-6H2;1H/q+1;/p-1. The Hall–Kier alpha value is -0.260. The number of hydrogen-bond acceptors (Lipinski definition) is 0. The summed E-state index contributed by atoms with van der Waals surface area (Å²) in [5, 5.41) is 1.07. The Kier molecular flexibility index (Phi) is 5.84. The van der Waals surface area contributed by atoms with E-state index >= 15 is 0 Å². The average molecular weight is 414 g/mol. The van der Waals surface area contributed by atoms with Crippen LogP contribution in [0.2, 0.25) is 5.02 Å². The molecule has 0 amide bonds. The van der Waals surface area contributed by atoms with E-state index in [4.69, 9.17) is 11.6 Å². The van der Waals surface area contributed by atoms with E-state index in [0.29, 0.717) is 20.0 Å². The third-order valence-corrected chi connectivity index (χ3v) is 6.63. The highest BCUT2D eigenvalue weighted by atomic mass is 79.9. The Morgan fingerprint density at radius 2 is 1.64 bits per heavy atom. The fourth-order valence-electron chi connectivity index (χ4n) is 3.25. The summed E-state index contributed by atoms with van der Waals surface area (Å²) in [5.41, 5.74) is -4.21. The number of hydrogen-bond donors (Lipinski definition) is 0. The topological polar surface area (TPSA) is 0 Å². The molecule has 0 spiro atoms. The number of thiophene rings is 1. The second-order valence-electron chi connectivity index (χ2n) is 5.67. The summed E-state index contributed by atoms with van der Waals surface area (Å²) in [4.78, 5) is 0.585. The van der Waals surface area contributed by atoms with E-state index in [1.54, 1.807) is 18.2 Å². The van der Waals surface area contributed by atoms with Gasteiger partial charge in [0.15, 0.2) is 9.58 Å².